The van der Waals surface area contributed by atoms with Crippen LogP contribution >= 0.6 is 35.0 Å². The number of halogens is 2. The Labute approximate surface area is 92.0 Å². The van der Waals surface area contributed by atoms with E-state index in [4.69, 9.17) is 10.5 Å². The molecule has 68 valence electrons. The largest absolute Gasteiger partial charge is 0.497 e. The van der Waals surface area contributed by atoms with Crippen LogP contribution in [0.5, 0.6) is 5.75 Å². The highest BCUT2D eigenvalue weighted by atomic mass is 127. The van der Waals surface area contributed by atoms with Crippen molar-refractivity contribution in [1.29, 1.82) is 0 Å². The van der Waals surface area contributed by atoms with Crippen molar-refractivity contribution in [2.24, 2.45) is 5.73 Å². The van der Waals surface area contributed by atoms with Crippen LogP contribution in [0.1, 0.15) is 5.56 Å². The van der Waals surface area contributed by atoms with Crippen molar-refractivity contribution in [2.75, 3.05) is 7.11 Å². The molecular formula is C8H11ClINO. The Balaban J connectivity index is 0.00000121. The number of hydrogen-bond acceptors (Lipinski definition) is 2. The van der Waals surface area contributed by atoms with Crippen molar-refractivity contribution in [3.8, 4) is 5.75 Å². The predicted octanol–water partition coefficient (Wildman–Crippen LogP) is 2.18. The summed E-state index contributed by atoms with van der Waals surface area (Å²) < 4.78 is 6.24. The van der Waals surface area contributed by atoms with Gasteiger partial charge in [0.25, 0.3) is 0 Å². The third-order valence-corrected chi connectivity index (χ3v) is 2.53. The molecule has 0 heterocycles. The molecule has 4 heteroatoms. The average molecular weight is 300 g/mol. The first kappa shape index (κ1) is 12.0. The maximum atomic E-state index is 5.51. The van der Waals surface area contributed by atoms with Crippen LogP contribution in [-0.4, -0.2) is 7.11 Å². The van der Waals surface area contributed by atoms with Gasteiger partial charge in [0.15, 0.2) is 0 Å². The van der Waals surface area contributed by atoms with Crippen LogP contribution in [-0.2, 0) is 6.54 Å². The first-order valence-electron chi connectivity index (χ1n) is 3.30. The summed E-state index contributed by atoms with van der Waals surface area (Å²) in [5.74, 6) is 0.867. The second kappa shape index (κ2) is 5.61. The summed E-state index contributed by atoms with van der Waals surface area (Å²) in [7, 11) is 1.66. The minimum Gasteiger partial charge on any atom is -0.497 e. The van der Waals surface area contributed by atoms with Crippen molar-refractivity contribution >= 4 is 35.0 Å². The first-order valence-corrected chi connectivity index (χ1v) is 4.38. The van der Waals surface area contributed by atoms with E-state index in [0.29, 0.717) is 6.54 Å². The highest BCUT2D eigenvalue weighted by molar-refractivity contribution is 14.1. The molecule has 0 aliphatic heterocycles. The van der Waals surface area contributed by atoms with E-state index in [1.165, 1.54) is 3.57 Å². The number of ether oxygens (including phenoxy) is 1. The Kier molecular flexibility index (Phi) is 5.61. The topological polar surface area (TPSA) is 35.2 Å². The van der Waals surface area contributed by atoms with Crippen LogP contribution in [0.2, 0.25) is 0 Å². The maximum absolute atomic E-state index is 5.51. The summed E-state index contributed by atoms with van der Waals surface area (Å²) in [4.78, 5) is 0. The molecule has 0 spiro atoms. The van der Waals surface area contributed by atoms with Crippen molar-refractivity contribution in [3.05, 3.63) is 27.3 Å². The lowest BCUT2D eigenvalue weighted by atomic mass is 10.2. The molecule has 0 saturated carbocycles. The molecule has 1 rings (SSSR count). The Hall–Kier alpha value is -0.000000000000000167. The minimum absolute atomic E-state index is 0. The van der Waals surface area contributed by atoms with E-state index in [1.807, 2.05) is 18.2 Å². The van der Waals surface area contributed by atoms with E-state index >= 15 is 0 Å². The van der Waals surface area contributed by atoms with Crippen LogP contribution in [0.15, 0.2) is 18.2 Å². The third kappa shape index (κ3) is 2.80. The fraction of sp³-hybridized carbons (Fsp3) is 0.250. The van der Waals surface area contributed by atoms with E-state index in [0.717, 1.165) is 11.3 Å². The van der Waals surface area contributed by atoms with Crippen molar-refractivity contribution in [1.82, 2.24) is 0 Å². The molecule has 2 nitrogen and oxygen atoms in total. The molecular weight excluding hydrogens is 288 g/mol. The normalized spacial score (nSPS) is 8.92. The summed E-state index contributed by atoms with van der Waals surface area (Å²) in [5.41, 5.74) is 6.64. The van der Waals surface area contributed by atoms with Gasteiger partial charge in [-0.25, -0.2) is 0 Å². The second-order valence-corrected chi connectivity index (χ2v) is 3.32. The maximum Gasteiger partial charge on any atom is 0.119 e. The van der Waals surface area contributed by atoms with Gasteiger partial charge < -0.3 is 10.5 Å². The van der Waals surface area contributed by atoms with Gasteiger partial charge in [-0.15, -0.1) is 12.4 Å². The molecule has 0 atom stereocenters. The molecule has 0 bridgehead atoms. The van der Waals surface area contributed by atoms with E-state index < -0.39 is 0 Å². The van der Waals surface area contributed by atoms with Gasteiger partial charge in [0, 0.05) is 10.1 Å². The summed E-state index contributed by atoms with van der Waals surface area (Å²) >= 11 is 2.26. The van der Waals surface area contributed by atoms with Crippen LogP contribution in [0.3, 0.4) is 0 Å². The van der Waals surface area contributed by atoms with E-state index in [2.05, 4.69) is 22.6 Å². The lowest BCUT2D eigenvalue weighted by Gasteiger charge is -2.03. The summed E-state index contributed by atoms with van der Waals surface area (Å²) in [6.45, 7) is 0.565. The number of rotatable bonds is 2. The van der Waals surface area contributed by atoms with Crippen LogP contribution in [0.4, 0.5) is 0 Å². The Morgan fingerprint density at radius 3 is 2.67 bits per heavy atom. The highest BCUT2D eigenvalue weighted by Gasteiger charge is 1.98. The first-order chi connectivity index (χ1) is 5.27. The van der Waals surface area contributed by atoms with Crippen molar-refractivity contribution in [3.63, 3.8) is 0 Å². The summed E-state index contributed by atoms with van der Waals surface area (Å²) in [6, 6.07) is 5.89. The van der Waals surface area contributed by atoms with E-state index in [1.54, 1.807) is 7.11 Å². The number of nitrogens with two attached hydrogens (primary N) is 1. The quantitative estimate of drug-likeness (QED) is 0.850. The second-order valence-electron chi connectivity index (χ2n) is 2.16. The van der Waals surface area contributed by atoms with E-state index in [-0.39, 0.29) is 12.4 Å². The zero-order chi connectivity index (χ0) is 8.27. The fourth-order valence-electron chi connectivity index (χ4n) is 0.835. The molecule has 0 aliphatic rings. The third-order valence-electron chi connectivity index (χ3n) is 1.47. The van der Waals surface area contributed by atoms with Gasteiger partial charge in [-0.3, -0.25) is 0 Å². The predicted molar refractivity (Wildman–Crippen MR) is 60.9 cm³/mol. The summed E-state index contributed by atoms with van der Waals surface area (Å²) in [6.07, 6.45) is 0. The molecule has 2 N–H and O–H groups in total. The number of methoxy groups -OCH3 is 1. The zero-order valence-electron chi connectivity index (χ0n) is 6.71. The van der Waals surface area contributed by atoms with Crippen molar-refractivity contribution < 1.29 is 4.74 Å². The number of benzene rings is 1. The fourth-order valence-corrected chi connectivity index (χ4v) is 1.39. The summed E-state index contributed by atoms with van der Waals surface area (Å²) in [5, 5.41) is 0. The van der Waals surface area contributed by atoms with Gasteiger partial charge in [-0.2, -0.15) is 0 Å². The lowest BCUT2D eigenvalue weighted by molar-refractivity contribution is 0.414. The number of hydrogen-bond donors (Lipinski definition) is 1. The Bertz CT molecular complexity index is 255. The standard InChI is InChI=1S/C8H10INO.ClH/c1-11-7-2-3-8(9)6(4-7)5-10;/h2-4H,5,10H2,1H3;1H. The Morgan fingerprint density at radius 2 is 2.17 bits per heavy atom. The smallest absolute Gasteiger partial charge is 0.119 e. The molecule has 12 heavy (non-hydrogen) atoms. The van der Waals surface area contributed by atoms with Crippen molar-refractivity contribution in [2.45, 2.75) is 6.54 Å². The lowest BCUT2D eigenvalue weighted by Crippen LogP contribution is -1.99. The van der Waals surface area contributed by atoms with Gasteiger partial charge in [0.2, 0.25) is 0 Å². The van der Waals surface area contributed by atoms with Gasteiger partial charge in [0.1, 0.15) is 5.75 Å². The van der Waals surface area contributed by atoms with Crippen LogP contribution < -0.4 is 10.5 Å². The monoisotopic (exact) mass is 299 g/mol. The molecule has 1 aromatic rings. The molecule has 0 aromatic heterocycles. The van der Waals surface area contributed by atoms with Crippen LogP contribution in [0, 0.1) is 3.57 Å². The van der Waals surface area contributed by atoms with Gasteiger partial charge >= 0.3 is 0 Å². The molecule has 1 aromatic carbocycles. The van der Waals surface area contributed by atoms with Crippen LogP contribution in [0.25, 0.3) is 0 Å². The average Bonchev–Trinajstić information content (AvgIpc) is 2.05. The molecule has 0 fully saturated rings. The molecule has 0 amide bonds. The zero-order valence-corrected chi connectivity index (χ0v) is 9.68. The SMILES string of the molecule is COc1ccc(I)c(CN)c1.Cl. The molecule has 0 aliphatic carbocycles. The Morgan fingerprint density at radius 1 is 1.50 bits per heavy atom. The van der Waals surface area contributed by atoms with Gasteiger partial charge in [-0.05, 0) is 46.4 Å². The van der Waals surface area contributed by atoms with Gasteiger partial charge in [-0.1, -0.05) is 0 Å². The van der Waals surface area contributed by atoms with E-state index in [9.17, 15) is 0 Å². The molecule has 0 radical (unpaired) electrons. The minimum atomic E-state index is 0. The molecule has 0 saturated heterocycles. The van der Waals surface area contributed by atoms with Gasteiger partial charge in [0.05, 0.1) is 7.11 Å². The molecule has 0 unspecified atom stereocenters. The highest BCUT2D eigenvalue weighted by Crippen LogP contribution is 2.18.